The second kappa shape index (κ2) is 4.61. The Kier molecular flexibility index (Phi) is 3.72. The summed E-state index contributed by atoms with van der Waals surface area (Å²) in [4.78, 5) is 11.2. The molecule has 1 unspecified atom stereocenters. The van der Waals surface area contributed by atoms with Gasteiger partial charge in [-0.3, -0.25) is 4.79 Å². The lowest BCUT2D eigenvalue weighted by Gasteiger charge is -2.33. The molecule has 1 saturated carbocycles. The smallest absolute Gasteiger partial charge is 0.322 e. The Bertz CT molecular complexity index is 176. The lowest BCUT2D eigenvalue weighted by atomic mass is 9.73. The molecule has 13 heavy (non-hydrogen) atoms. The van der Waals surface area contributed by atoms with Crippen LogP contribution in [0.4, 0.5) is 0 Å². The lowest BCUT2D eigenvalue weighted by Crippen LogP contribution is -2.37. The van der Waals surface area contributed by atoms with E-state index >= 15 is 0 Å². The van der Waals surface area contributed by atoms with Gasteiger partial charge in [-0.25, -0.2) is 0 Å². The molecule has 0 radical (unpaired) electrons. The molecule has 0 amide bonds. The van der Waals surface area contributed by atoms with E-state index in [0.717, 1.165) is 12.3 Å². The molecule has 3 heteroatoms. The quantitative estimate of drug-likeness (QED) is 0.672. The fraction of sp³-hybridized carbons (Fsp3) is 0.900. The van der Waals surface area contributed by atoms with Gasteiger partial charge < -0.3 is 10.5 Å². The van der Waals surface area contributed by atoms with Crippen LogP contribution in [-0.4, -0.2) is 18.6 Å². The summed E-state index contributed by atoms with van der Waals surface area (Å²) in [6, 6.07) is -0.405. The predicted molar refractivity (Wildman–Crippen MR) is 51.1 cm³/mol. The third-order valence-corrected chi connectivity index (χ3v) is 2.65. The minimum atomic E-state index is -0.405. The van der Waals surface area contributed by atoms with Crippen LogP contribution in [0.1, 0.15) is 33.1 Å². The van der Waals surface area contributed by atoms with Crippen LogP contribution in [0.5, 0.6) is 0 Å². The summed E-state index contributed by atoms with van der Waals surface area (Å²) in [7, 11) is 0. The number of ether oxygens (including phenoxy) is 1. The maximum absolute atomic E-state index is 11.2. The minimum Gasteiger partial charge on any atom is -0.465 e. The van der Waals surface area contributed by atoms with Crippen molar-refractivity contribution in [2.75, 3.05) is 6.61 Å². The Morgan fingerprint density at radius 1 is 1.62 bits per heavy atom. The lowest BCUT2D eigenvalue weighted by molar-refractivity contribution is -0.145. The van der Waals surface area contributed by atoms with E-state index in [0.29, 0.717) is 12.5 Å². The molecule has 76 valence electrons. The largest absolute Gasteiger partial charge is 0.465 e. The van der Waals surface area contributed by atoms with Crippen LogP contribution in [0.2, 0.25) is 0 Å². The van der Waals surface area contributed by atoms with Gasteiger partial charge in [0.2, 0.25) is 0 Å². The van der Waals surface area contributed by atoms with Gasteiger partial charge in [0.1, 0.15) is 6.04 Å². The van der Waals surface area contributed by atoms with E-state index in [2.05, 4.69) is 6.92 Å². The van der Waals surface area contributed by atoms with Crippen LogP contribution in [0, 0.1) is 11.8 Å². The highest BCUT2D eigenvalue weighted by atomic mass is 16.5. The van der Waals surface area contributed by atoms with Crippen molar-refractivity contribution in [1.82, 2.24) is 0 Å². The minimum absolute atomic E-state index is 0.248. The molecule has 1 aliphatic rings. The second-order valence-electron chi connectivity index (χ2n) is 4.04. The normalized spacial score (nSPS) is 29.2. The van der Waals surface area contributed by atoms with Gasteiger partial charge in [-0.2, -0.15) is 0 Å². The summed E-state index contributed by atoms with van der Waals surface area (Å²) in [5.74, 6) is 1.22. The monoisotopic (exact) mass is 185 g/mol. The zero-order chi connectivity index (χ0) is 9.84. The summed E-state index contributed by atoms with van der Waals surface area (Å²) in [6.07, 6.45) is 3.23. The summed E-state index contributed by atoms with van der Waals surface area (Å²) in [5, 5.41) is 0. The van der Waals surface area contributed by atoms with Crippen molar-refractivity contribution in [2.24, 2.45) is 17.6 Å². The highest BCUT2D eigenvalue weighted by Gasteiger charge is 2.29. The first-order chi connectivity index (χ1) is 6.13. The molecule has 0 bridgehead atoms. The van der Waals surface area contributed by atoms with Gasteiger partial charge in [0.25, 0.3) is 0 Å². The highest BCUT2D eigenvalue weighted by Crippen LogP contribution is 2.35. The van der Waals surface area contributed by atoms with Crippen LogP contribution in [-0.2, 0) is 9.53 Å². The molecule has 0 aromatic carbocycles. The molecule has 1 aliphatic carbocycles. The van der Waals surface area contributed by atoms with E-state index in [1.807, 2.05) is 0 Å². The Morgan fingerprint density at radius 3 is 2.69 bits per heavy atom. The molecule has 1 atom stereocenters. The van der Waals surface area contributed by atoms with Gasteiger partial charge >= 0.3 is 5.97 Å². The van der Waals surface area contributed by atoms with E-state index in [9.17, 15) is 4.79 Å². The van der Waals surface area contributed by atoms with Crippen molar-refractivity contribution < 1.29 is 9.53 Å². The van der Waals surface area contributed by atoms with Crippen molar-refractivity contribution in [1.29, 1.82) is 0 Å². The van der Waals surface area contributed by atoms with E-state index in [-0.39, 0.29) is 5.97 Å². The zero-order valence-electron chi connectivity index (χ0n) is 8.45. The number of carbonyl (C=O) groups excluding carboxylic acids is 1. The molecular weight excluding hydrogens is 166 g/mol. The molecule has 1 fully saturated rings. The van der Waals surface area contributed by atoms with Crippen LogP contribution in [0.25, 0.3) is 0 Å². The number of nitrogens with two attached hydrogens (primary N) is 1. The van der Waals surface area contributed by atoms with Crippen LogP contribution in [0.3, 0.4) is 0 Å². The van der Waals surface area contributed by atoms with Crippen LogP contribution >= 0.6 is 0 Å². The van der Waals surface area contributed by atoms with E-state index in [1.165, 1.54) is 12.8 Å². The second-order valence-corrected chi connectivity index (χ2v) is 4.04. The van der Waals surface area contributed by atoms with Crippen molar-refractivity contribution >= 4 is 5.97 Å². The summed E-state index contributed by atoms with van der Waals surface area (Å²) >= 11 is 0. The molecular formula is C10H19NO2. The molecule has 0 saturated heterocycles. The van der Waals surface area contributed by atoms with Crippen LogP contribution < -0.4 is 5.73 Å². The van der Waals surface area contributed by atoms with Crippen molar-refractivity contribution in [3.8, 4) is 0 Å². The van der Waals surface area contributed by atoms with Crippen molar-refractivity contribution in [3.05, 3.63) is 0 Å². The van der Waals surface area contributed by atoms with Gasteiger partial charge in [-0.15, -0.1) is 0 Å². The fourth-order valence-electron chi connectivity index (χ4n) is 1.97. The van der Waals surface area contributed by atoms with Gasteiger partial charge in [0, 0.05) is 0 Å². The molecule has 2 N–H and O–H groups in total. The molecule has 0 aromatic heterocycles. The third-order valence-electron chi connectivity index (χ3n) is 2.65. The maximum atomic E-state index is 11.2. The number of carbonyl (C=O) groups is 1. The molecule has 1 rings (SSSR count). The van der Waals surface area contributed by atoms with Gasteiger partial charge in [0.15, 0.2) is 0 Å². The zero-order valence-corrected chi connectivity index (χ0v) is 8.45. The van der Waals surface area contributed by atoms with E-state index in [4.69, 9.17) is 10.5 Å². The summed E-state index contributed by atoms with van der Waals surface area (Å²) in [6.45, 7) is 4.45. The van der Waals surface area contributed by atoms with Crippen molar-refractivity contribution in [3.63, 3.8) is 0 Å². The number of esters is 1. The molecule has 0 aliphatic heterocycles. The van der Waals surface area contributed by atoms with Gasteiger partial charge in [-0.05, 0) is 38.0 Å². The van der Waals surface area contributed by atoms with Crippen LogP contribution in [0.15, 0.2) is 0 Å². The van der Waals surface area contributed by atoms with E-state index in [1.54, 1.807) is 6.92 Å². The first-order valence-electron chi connectivity index (χ1n) is 5.05. The Balaban J connectivity index is 2.17. The predicted octanol–water partition coefficient (Wildman–Crippen LogP) is 1.31. The average molecular weight is 185 g/mol. The molecule has 0 aromatic rings. The van der Waals surface area contributed by atoms with E-state index < -0.39 is 6.04 Å². The van der Waals surface area contributed by atoms with Gasteiger partial charge in [0.05, 0.1) is 6.61 Å². The first kappa shape index (κ1) is 10.5. The first-order valence-corrected chi connectivity index (χ1v) is 5.05. The third kappa shape index (κ3) is 2.99. The highest BCUT2D eigenvalue weighted by molar-refractivity contribution is 5.75. The Labute approximate surface area is 79.6 Å². The molecule has 3 nitrogen and oxygen atoms in total. The summed E-state index contributed by atoms with van der Waals surface area (Å²) in [5.41, 5.74) is 5.68. The average Bonchev–Trinajstić information content (AvgIpc) is 2.02. The van der Waals surface area contributed by atoms with Gasteiger partial charge in [-0.1, -0.05) is 6.92 Å². The number of rotatable bonds is 4. The summed E-state index contributed by atoms with van der Waals surface area (Å²) < 4.78 is 4.84. The standard InChI is InChI=1S/C10H19NO2/c1-3-13-10(12)9(11)6-8-4-7(2)5-8/h7-9H,3-6,11H2,1-2H3. The Hall–Kier alpha value is -0.570. The van der Waals surface area contributed by atoms with Crippen molar-refractivity contribution in [2.45, 2.75) is 39.2 Å². The SMILES string of the molecule is CCOC(=O)C(N)CC1CC(C)C1. The molecule has 0 spiro atoms. The Morgan fingerprint density at radius 2 is 2.23 bits per heavy atom. The topological polar surface area (TPSA) is 52.3 Å². The number of hydrogen-bond donors (Lipinski definition) is 1. The molecule has 0 heterocycles. The fourth-order valence-corrected chi connectivity index (χ4v) is 1.97. The maximum Gasteiger partial charge on any atom is 0.322 e. The number of hydrogen-bond acceptors (Lipinski definition) is 3.